The van der Waals surface area contributed by atoms with Crippen LogP contribution in [0, 0.1) is 0 Å². The fourth-order valence-electron chi connectivity index (χ4n) is 1.28. The highest BCUT2D eigenvalue weighted by atomic mass is 14.7. The SMILES string of the molecule is CC.CC1=CN=c2ccccc2=CC1. The van der Waals surface area contributed by atoms with Crippen LogP contribution in [-0.4, -0.2) is 0 Å². The third-order valence-electron chi connectivity index (χ3n) is 2.00. The zero-order valence-electron chi connectivity index (χ0n) is 9.12. The van der Waals surface area contributed by atoms with Gasteiger partial charge in [-0.15, -0.1) is 0 Å². The molecule has 0 spiro atoms. The van der Waals surface area contributed by atoms with E-state index >= 15 is 0 Å². The van der Waals surface area contributed by atoms with Gasteiger partial charge in [0.15, 0.2) is 0 Å². The summed E-state index contributed by atoms with van der Waals surface area (Å²) in [5.41, 5.74) is 1.31. The molecule has 0 saturated carbocycles. The number of allylic oxidation sites excluding steroid dienone is 1. The smallest absolute Gasteiger partial charge is 0.0698 e. The fourth-order valence-corrected chi connectivity index (χ4v) is 1.28. The zero-order valence-corrected chi connectivity index (χ0v) is 9.12. The van der Waals surface area contributed by atoms with Gasteiger partial charge in [-0.3, -0.25) is 4.99 Å². The van der Waals surface area contributed by atoms with E-state index in [4.69, 9.17) is 0 Å². The van der Waals surface area contributed by atoms with Crippen molar-refractivity contribution in [3.05, 3.63) is 46.6 Å². The molecule has 1 heterocycles. The number of nitrogens with zero attached hydrogens (tertiary/aromatic N) is 1. The van der Waals surface area contributed by atoms with Crippen LogP contribution in [0.5, 0.6) is 0 Å². The standard InChI is InChI=1S/C11H11N.C2H6/c1-9-6-7-10-4-2-3-5-11(10)12-8-9;1-2/h2-5,7-8H,6H2,1H3;1-2H3. The van der Waals surface area contributed by atoms with E-state index in [1.807, 2.05) is 38.2 Å². The van der Waals surface area contributed by atoms with Crippen LogP contribution in [-0.2, 0) is 0 Å². The van der Waals surface area contributed by atoms with Crippen LogP contribution in [0.15, 0.2) is 41.0 Å². The van der Waals surface area contributed by atoms with E-state index in [-0.39, 0.29) is 0 Å². The van der Waals surface area contributed by atoms with Crippen LogP contribution in [0.3, 0.4) is 0 Å². The van der Waals surface area contributed by atoms with Crippen molar-refractivity contribution in [3.8, 4) is 0 Å². The van der Waals surface area contributed by atoms with Crippen LogP contribution < -0.4 is 10.6 Å². The number of benzene rings is 1. The molecule has 14 heavy (non-hydrogen) atoms. The lowest BCUT2D eigenvalue weighted by Crippen LogP contribution is -2.22. The normalized spacial score (nSPS) is 13.2. The Kier molecular flexibility index (Phi) is 4.11. The molecular weight excluding hydrogens is 170 g/mol. The summed E-state index contributed by atoms with van der Waals surface area (Å²) in [6.07, 6.45) is 5.18. The molecule has 1 heteroatoms. The highest BCUT2D eigenvalue weighted by molar-refractivity contribution is 5.30. The second-order valence-electron chi connectivity index (χ2n) is 3.07. The maximum atomic E-state index is 4.37. The number of rotatable bonds is 0. The maximum absolute atomic E-state index is 4.37. The van der Waals surface area contributed by atoms with Crippen molar-refractivity contribution in [2.75, 3.05) is 0 Å². The van der Waals surface area contributed by atoms with Gasteiger partial charge in [0.1, 0.15) is 0 Å². The van der Waals surface area contributed by atoms with Crippen molar-refractivity contribution in [3.63, 3.8) is 0 Å². The van der Waals surface area contributed by atoms with Gasteiger partial charge in [0.2, 0.25) is 0 Å². The first-order valence-corrected chi connectivity index (χ1v) is 5.15. The first-order valence-electron chi connectivity index (χ1n) is 5.15. The van der Waals surface area contributed by atoms with Crippen LogP contribution in [0.4, 0.5) is 0 Å². The first kappa shape index (κ1) is 10.7. The first-order chi connectivity index (χ1) is 6.86. The van der Waals surface area contributed by atoms with Crippen LogP contribution in [0.25, 0.3) is 6.08 Å². The molecule has 2 rings (SSSR count). The minimum atomic E-state index is 1.01. The Hall–Kier alpha value is -1.37. The summed E-state index contributed by atoms with van der Waals surface area (Å²) in [4.78, 5) is 4.37. The lowest BCUT2D eigenvalue weighted by atomic mass is 10.2. The summed E-state index contributed by atoms with van der Waals surface area (Å²) in [6, 6.07) is 8.21. The Morgan fingerprint density at radius 3 is 2.64 bits per heavy atom. The summed E-state index contributed by atoms with van der Waals surface area (Å²) >= 11 is 0. The fraction of sp³-hybridized carbons (Fsp3) is 0.308. The van der Waals surface area contributed by atoms with E-state index in [2.05, 4.69) is 24.1 Å². The Morgan fingerprint density at radius 2 is 1.86 bits per heavy atom. The van der Waals surface area contributed by atoms with Crippen molar-refractivity contribution in [2.24, 2.45) is 4.99 Å². The molecular formula is C13H17N. The number of hydrogen-bond acceptors (Lipinski definition) is 1. The van der Waals surface area contributed by atoms with Gasteiger partial charge >= 0.3 is 0 Å². The predicted octanol–water partition coefficient (Wildman–Crippen LogP) is 2.42. The number of para-hydroxylation sites is 1. The minimum absolute atomic E-state index is 1.01. The average Bonchev–Trinajstić information content (AvgIpc) is 2.45. The molecule has 74 valence electrons. The quantitative estimate of drug-likeness (QED) is 0.591. The Labute approximate surface area is 85.5 Å². The highest BCUT2D eigenvalue weighted by Gasteiger charge is 1.91. The molecule has 0 amide bonds. The Morgan fingerprint density at radius 1 is 1.14 bits per heavy atom. The Bertz CT molecular complexity index is 427. The molecule has 1 aliphatic rings. The third-order valence-corrected chi connectivity index (χ3v) is 2.00. The van der Waals surface area contributed by atoms with E-state index in [0.29, 0.717) is 0 Å². The lowest BCUT2D eigenvalue weighted by molar-refractivity contribution is 1.23. The van der Waals surface area contributed by atoms with Gasteiger partial charge in [-0.25, -0.2) is 0 Å². The molecule has 0 atom stereocenters. The summed E-state index contributed by atoms with van der Waals surface area (Å²) < 4.78 is 0. The van der Waals surface area contributed by atoms with Crippen molar-refractivity contribution in [1.29, 1.82) is 0 Å². The van der Waals surface area contributed by atoms with Gasteiger partial charge in [-0.05, 0) is 24.6 Å². The molecule has 0 fully saturated rings. The van der Waals surface area contributed by atoms with Gasteiger partial charge in [-0.1, -0.05) is 43.7 Å². The molecule has 1 aromatic carbocycles. The van der Waals surface area contributed by atoms with Crippen molar-refractivity contribution in [2.45, 2.75) is 27.2 Å². The van der Waals surface area contributed by atoms with Gasteiger partial charge in [-0.2, -0.15) is 0 Å². The van der Waals surface area contributed by atoms with E-state index in [0.717, 1.165) is 11.8 Å². The minimum Gasteiger partial charge on any atom is -0.256 e. The van der Waals surface area contributed by atoms with Crippen molar-refractivity contribution in [1.82, 2.24) is 0 Å². The molecule has 0 saturated heterocycles. The number of fused-ring (bicyclic) bond motifs is 1. The second-order valence-corrected chi connectivity index (χ2v) is 3.07. The molecule has 1 aliphatic heterocycles. The molecule has 0 aromatic heterocycles. The lowest BCUT2D eigenvalue weighted by Gasteiger charge is -1.87. The van der Waals surface area contributed by atoms with Crippen LogP contribution in [0.1, 0.15) is 27.2 Å². The van der Waals surface area contributed by atoms with E-state index in [9.17, 15) is 0 Å². The van der Waals surface area contributed by atoms with E-state index < -0.39 is 0 Å². The van der Waals surface area contributed by atoms with Crippen molar-refractivity contribution < 1.29 is 0 Å². The highest BCUT2D eigenvalue weighted by Crippen LogP contribution is 2.01. The molecule has 1 nitrogen and oxygen atoms in total. The Balaban J connectivity index is 0.000000461. The maximum Gasteiger partial charge on any atom is 0.0698 e. The summed E-state index contributed by atoms with van der Waals surface area (Å²) in [7, 11) is 0. The monoisotopic (exact) mass is 187 g/mol. The predicted molar refractivity (Wildman–Crippen MR) is 61.4 cm³/mol. The largest absolute Gasteiger partial charge is 0.256 e. The number of hydrogen-bond donors (Lipinski definition) is 0. The zero-order chi connectivity index (χ0) is 10.4. The van der Waals surface area contributed by atoms with Gasteiger partial charge in [0.05, 0.1) is 5.36 Å². The molecule has 1 aromatic rings. The second kappa shape index (κ2) is 5.38. The molecule has 0 radical (unpaired) electrons. The summed E-state index contributed by atoms with van der Waals surface area (Å²) in [5.74, 6) is 0. The van der Waals surface area contributed by atoms with E-state index in [1.54, 1.807) is 0 Å². The van der Waals surface area contributed by atoms with E-state index in [1.165, 1.54) is 10.8 Å². The molecule has 0 aliphatic carbocycles. The molecule has 0 unspecified atom stereocenters. The summed E-state index contributed by atoms with van der Waals surface area (Å²) in [5, 5.41) is 2.32. The van der Waals surface area contributed by atoms with Gasteiger partial charge < -0.3 is 0 Å². The molecule has 0 N–H and O–H groups in total. The van der Waals surface area contributed by atoms with Gasteiger partial charge in [0, 0.05) is 6.20 Å². The topological polar surface area (TPSA) is 12.4 Å². The van der Waals surface area contributed by atoms with Crippen LogP contribution in [0.2, 0.25) is 0 Å². The molecule has 0 bridgehead atoms. The van der Waals surface area contributed by atoms with Crippen molar-refractivity contribution >= 4 is 6.08 Å². The third kappa shape index (κ3) is 2.56. The van der Waals surface area contributed by atoms with Crippen LogP contribution >= 0.6 is 0 Å². The average molecular weight is 187 g/mol. The van der Waals surface area contributed by atoms with Gasteiger partial charge in [0.25, 0.3) is 0 Å². The summed E-state index contributed by atoms with van der Waals surface area (Å²) in [6.45, 7) is 6.10.